The average molecular weight is 449 g/mol. The van der Waals surface area contributed by atoms with Gasteiger partial charge in [-0.25, -0.2) is 9.79 Å². The minimum absolute atomic E-state index is 0.0394. The summed E-state index contributed by atoms with van der Waals surface area (Å²) in [4.78, 5) is 27.3. The van der Waals surface area contributed by atoms with Crippen LogP contribution in [0.15, 0.2) is 77.4 Å². The molecule has 160 valence electrons. The highest BCUT2D eigenvalue weighted by Crippen LogP contribution is 2.26. The van der Waals surface area contributed by atoms with Crippen molar-refractivity contribution in [3.8, 4) is 5.75 Å². The molecule has 0 N–H and O–H groups in total. The van der Waals surface area contributed by atoms with Crippen LogP contribution in [0.25, 0.3) is 6.08 Å². The van der Waals surface area contributed by atoms with Gasteiger partial charge in [0.15, 0.2) is 5.70 Å². The van der Waals surface area contributed by atoms with Gasteiger partial charge in [0.25, 0.3) is 5.69 Å². The summed E-state index contributed by atoms with van der Waals surface area (Å²) >= 11 is 5.90. The fourth-order valence-electron chi connectivity index (χ4n) is 3.18. The molecular weight excluding hydrogens is 432 g/mol. The Morgan fingerprint density at radius 2 is 1.88 bits per heavy atom. The second-order valence-electron chi connectivity index (χ2n) is 7.03. The standard InChI is InChI=1S/C24H17ClN2O5/c1-15-20(6-3-7-22(15)27(29)30)23-26-21(24(28)32-23)13-17-4-2-5-19(12-17)31-14-16-8-10-18(25)11-9-16/h2-13H,14H2,1H3/b21-13-. The van der Waals surface area contributed by atoms with Crippen LogP contribution in [0.4, 0.5) is 5.69 Å². The first-order valence-electron chi connectivity index (χ1n) is 9.65. The summed E-state index contributed by atoms with van der Waals surface area (Å²) in [6, 6.07) is 19.1. The molecule has 0 amide bonds. The van der Waals surface area contributed by atoms with Gasteiger partial charge in [-0.05, 0) is 54.5 Å². The fourth-order valence-corrected chi connectivity index (χ4v) is 3.30. The molecule has 0 fully saturated rings. The van der Waals surface area contributed by atoms with E-state index in [2.05, 4.69) is 4.99 Å². The zero-order valence-electron chi connectivity index (χ0n) is 16.9. The van der Waals surface area contributed by atoms with Crippen molar-refractivity contribution in [3.63, 3.8) is 0 Å². The Morgan fingerprint density at radius 1 is 1.12 bits per heavy atom. The summed E-state index contributed by atoms with van der Waals surface area (Å²) < 4.78 is 11.1. The molecule has 0 bridgehead atoms. The molecule has 3 aromatic carbocycles. The third-order valence-electron chi connectivity index (χ3n) is 4.83. The highest BCUT2D eigenvalue weighted by molar-refractivity contribution is 6.30. The van der Waals surface area contributed by atoms with E-state index in [0.717, 1.165) is 5.56 Å². The maximum atomic E-state index is 12.3. The van der Waals surface area contributed by atoms with Crippen LogP contribution in [-0.2, 0) is 16.1 Å². The van der Waals surface area contributed by atoms with E-state index in [1.165, 1.54) is 12.1 Å². The van der Waals surface area contributed by atoms with Crippen molar-refractivity contribution in [2.45, 2.75) is 13.5 Å². The Labute approximate surface area is 188 Å². The number of carbonyl (C=O) groups is 1. The Kier molecular flexibility index (Phi) is 6.00. The molecule has 0 saturated heterocycles. The first kappa shape index (κ1) is 21.3. The summed E-state index contributed by atoms with van der Waals surface area (Å²) in [5.41, 5.74) is 2.48. The van der Waals surface area contributed by atoms with E-state index in [1.807, 2.05) is 24.3 Å². The zero-order valence-corrected chi connectivity index (χ0v) is 17.7. The molecular formula is C24H17ClN2O5. The lowest BCUT2D eigenvalue weighted by Gasteiger charge is -2.07. The van der Waals surface area contributed by atoms with Gasteiger partial charge in [-0.2, -0.15) is 0 Å². The molecule has 1 aliphatic rings. The van der Waals surface area contributed by atoms with E-state index in [0.29, 0.717) is 34.1 Å². The highest BCUT2D eigenvalue weighted by Gasteiger charge is 2.27. The molecule has 0 saturated carbocycles. The van der Waals surface area contributed by atoms with Crippen LogP contribution in [0, 0.1) is 17.0 Å². The van der Waals surface area contributed by atoms with Gasteiger partial charge in [-0.3, -0.25) is 10.1 Å². The number of nitro groups is 1. The summed E-state index contributed by atoms with van der Waals surface area (Å²) in [6.07, 6.45) is 1.58. The molecule has 1 heterocycles. The van der Waals surface area contributed by atoms with Crippen molar-refractivity contribution >= 4 is 35.2 Å². The lowest BCUT2D eigenvalue weighted by molar-refractivity contribution is -0.385. The number of carbonyl (C=O) groups excluding carboxylic acids is 1. The van der Waals surface area contributed by atoms with Crippen molar-refractivity contribution in [2.75, 3.05) is 0 Å². The molecule has 1 aliphatic heterocycles. The molecule has 4 rings (SSSR count). The quantitative estimate of drug-likeness (QED) is 0.215. The van der Waals surface area contributed by atoms with E-state index in [4.69, 9.17) is 21.1 Å². The average Bonchev–Trinajstić information content (AvgIpc) is 3.13. The van der Waals surface area contributed by atoms with E-state index in [1.54, 1.807) is 43.3 Å². The molecule has 32 heavy (non-hydrogen) atoms. The predicted molar refractivity (Wildman–Crippen MR) is 121 cm³/mol. The second kappa shape index (κ2) is 9.03. The third kappa shape index (κ3) is 4.68. The lowest BCUT2D eigenvalue weighted by Crippen LogP contribution is -2.08. The van der Waals surface area contributed by atoms with Crippen LogP contribution in [0.3, 0.4) is 0 Å². The van der Waals surface area contributed by atoms with Gasteiger partial charge in [-0.1, -0.05) is 41.9 Å². The predicted octanol–water partition coefficient (Wildman–Crippen LogP) is 5.48. The van der Waals surface area contributed by atoms with E-state index < -0.39 is 10.9 Å². The van der Waals surface area contributed by atoms with Gasteiger partial charge in [0.2, 0.25) is 5.90 Å². The van der Waals surface area contributed by atoms with E-state index >= 15 is 0 Å². The lowest BCUT2D eigenvalue weighted by atomic mass is 10.1. The minimum atomic E-state index is -0.626. The van der Waals surface area contributed by atoms with Crippen molar-refractivity contribution in [1.29, 1.82) is 0 Å². The van der Waals surface area contributed by atoms with Crippen LogP contribution >= 0.6 is 11.6 Å². The number of halogens is 1. The number of benzene rings is 3. The molecule has 0 aliphatic carbocycles. The first-order chi connectivity index (χ1) is 15.4. The SMILES string of the molecule is Cc1c(C2=N/C(=C\c3cccc(OCc4ccc(Cl)cc4)c3)C(=O)O2)cccc1[N+](=O)[O-]. The zero-order chi connectivity index (χ0) is 22.7. The maximum Gasteiger partial charge on any atom is 0.363 e. The third-order valence-corrected chi connectivity index (χ3v) is 5.09. The number of nitrogens with zero attached hydrogens (tertiary/aromatic N) is 2. The number of nitro benzene ring substituents is 1. The number of hydrogen-bond donors (Lipinski definition) is 0. The Bertz CT molecular complexity index is 1270. The monoisotopic (exact) mass is 448 g/mol. The molecule has 0 spiro atoms. The highest BCUT2D eigenvalue weighted by atomic mass is 35.5. The normalized spacial score (nSPS) is 14.2. The van der Waals surface area contributed by atoms with Crippen molar-refractivity contribution in [2.24, 2.45) is 4.99 Å². The first-order valence-corrected chi connectivity index (χ1v) is 10.0. The van der Waals surface area contributed by atoms with Crippen molar-refractivity contribution < 1.29 is 19.2 Å². The minimum Gasteiger partial charge on any atom is -0.489 e. The summed E-state index contributed by atoms with van der Waals surface area (Å²) in [7, 11) is 0. The van der Waals surface area contributed by atoms with E-state index in [9.17, 15) is 14.9 Å². The van der Waals surface area contributed by atoms with Crippen LogP contribution in [0.2, 0.25) is 5.02 Å². The maximum absolute atomic E-state index is 12.3. The van der Waals surface area contributed by atoms with Gasteiger partial charge in [-0.15, -0.1) is 0 Å². The number of hydrogen-bond acceptors (Lipinski definition) is 6. The molecule has 0 atom stereocenters. The van der Waals surface area contributed by atoms with Crippen LogP contribution < -0.4 is 4.74 Å². The topological polar surface area (TPSA) is 91.0 Å². The van der Waals surface area contributed by atoms with Crippen LogP contribution in [0.1, 0.15) is 22.3 Å². The molecule has 0 unspecified atom stereocenters. The van der Waals surface area contributed by atoms with Crippen LogP contribution in [-0.4, -0.2) is 16.8 Å². The van der Waals surface area contributed by atoms with E-state index in [-0.39, 0.29) is 17.3 Å². The van der Waals surface area contributed by atoms with Crippen molar-refractivity contribution in [3.05, 3.63) is 110 Å². The summed E-state index contributed by atoms with van der Waals surface area (Å²) in [5.74, 6) is 0.0374. The van der Waals surface area contributed by atoms with Gasteiger partial charge in [0, 0.05) is 22.2 Å². The van der Waals surface area contributed by atoms with Crippen LogP contribution in [0.5, 0.6) is 5.75 Å². The Hall–Kier alpha value is -3.97. The van der Waals surface area contributed by atoms with Gasteiger partial charge < -0.3 is 9.47 Å². The van der Waals surface area contributed by atoms with Crippen molar-refractivity contribution in [1.82, 2.24) is 0 Å². The number of aliphatic imine (C=N–C) groups is 1. The Balaban J connectivity index is 1.55. The summed E-state index contributed by atoms with van der Waals surface area (Å²) in [5, 5.41) is 11.8. The molecule has 0 radical (unpaired) electrons. The molecule has 3 aromatic rings. The largest absolute Gasteiger partial charge is 0.489 e. The Morgan fingerprint density at radius 3 is 2.62 bits per heavy atom. The number of cyclic esters (lactones) is 1. The smallest absolute Gasteiger partial charge is 0.363 e. The van der Waals surface area contributed by atoms with Gasteiger partial charge in [0.05, 0.1) is 4.92 Å². The number of rotatable bonds is 6. The fraction of sp³-hybridized carbons (Fsp3) is 0.0833. The molecule has 0 aromatic heterocycles. The molecule has 7 nitrogen and oxygen atoms in total. The number of esters is 1. The summed E-state index contributed by atoms with van der Waals surface area (Å²) in [6.45, 7) is 1.96. The van der Waals surface area contributed by atoms with Gasteiger partial charge in [0.1, 0.15) is 12.4 Å². The number of ether oxygens (including phenoxy) is 2. The second-order valence-corrected chi connectivity index (χ2v) is 7.47. The van der Waals surface area contributed by atoms with Gasteiger partial charge >= 0.3 is 5.97 Å². The molecule has 8 heteroatoms.